The fourth-order valence-electron chi connectivity index (χ4n) is 3.74. The van der Waals surface area contributed by atoms with Gasteiger partial charge in [0.1, 0.15) is 6.61 Å². The summed E-state index contributed by atoms with van der Waals surface area (Å²) in [6.45, 7) is 2.87. The van der Waals surface area contributed by atoms with E-state index in [1.807, 2.05) is 30.3 Å². The zero-order chi connectivity index (χ0) is 20.1. The summed E-state index contributed by atoms with van der Waals surface area (Å²) in [5.74, 6) is 0.806. The van der Waals surface area contributed by atoms with Crippen LogP contribution in [0.3, 0.4) is 0 Å². The number of ether oxygens (including phenoxy) is 2. The van der Waals surface area contributed by atoms with Crippen LogP contribution in [-0.2, 0) is 16.1 Å². The predicted octanol–water partition coefficient (Wildman–Crippen LogP) is 1.89. The molecule has 1 saturated heterocycles. The number of para-hydroxylation sites is 2. The molecule has 2 heterocycles. The van der Waals surface area contributed by atoms with E-state index in [1.54, 1.807) is 12.1 Å². The Bertz CT molecular complexity index is 858. The van der Waals surface area contributed by atoms with Crippen LogP contribution in [0.15, 0.2) is 54.6 Å². The van der Waals surface area contributed by atoms with Crippen molar-refractivity contribution in [2.45, 2.75) is 25.5 Å². The summed E-state index contributed by atoms with van der Waals surface area (Å²) < 4.78 is 11.2. The lowest BCUT2D eigenvalue weighted by Gasteiger charge is -2.25. The minimum atomic E-state index is -0.793. The Hall–Kier alpha value is -3.06. The van der Waals surface area contributed by atoms with Gasteiger partial charge in [-0.05, 0) is 36.6 Å². The van der Waals surface area contributed by atoms with E-state index >= 15 is 0 Å². The summed E-state index contributed by atoms with van der Waals surface area (Å²) in [6.07, 6.45) is 0.569. The predicted molar refractivity (Wildman–Crippen MR) is 107 cm³/mol. The molecule has 2 aromatic carbocycles. The molecule has 0 aromatic heterocycles. The van der Waals surface area contributed by atoms with Gasteiger partial charge in [-0.2, -0.15) is 0 Å². The maximum absolute atomic E-state index is 12.3. The van der Waals surface area contributed by atoms with Crippen LogP contribution in [0.5, 0.6) is 11.5 Å². The third kappa shape index (κ3) is 5.06. The first-order chi connectivity index (χ1) is 14.2. The molecular weight excluding hydrogens is 370 g/mol. The zero-order valence-corrected chi connectivity index (χ0v) is 16.2. The van der Waals surface area contributed by atoms with Crippen molar-refractivity contribution in [2.24, 2.45) is 5.92 Å². The lowest BCUT2D eigenvalue weighted by Crippen LogP contribution is -2.51. The van der Waals surface area contributed by atoms with E-state index in [1.165, 1.54) is 5.56 Å². The average molecular weight is 395 g/mol. The van der Waals surface area contributed by atoms with Gasteiger partial charge in [0, 0.05) is 19.5 Å². The first kappa shape index (κ1) is 19.3. The number of fused-ring (bicyclic) bond motifs is 1. The Morgan fingerprint density at radius 2 is 1.76 bits per heavy atom. The van der Waals surface area contributed by atoms with Crippen molar-refractivity contribution in [1.29, 1.82) is 0 Å². The maximum Gasteiger partial charge on any atom is 0.283 e. The summed E-state index contributed by atoms with van der Waals surface area (Å²) in [4.78, 5) is 26.9. The van der Waals surface area contributed by atoms with Gasteiger partial charge < -0.3 is 9.47 Å². The second kappa shape index (κ2) is 8.96. The maximum atomic E-state index is 12.3. The molecular formula is C22H25N3O4. The van der Waals surface area contributed by atoms with Gasteiger partial charge in [-0.3, -0.25) is 25.3 Å². The molecule has 1 fully saturated rings. The lowest BCUT2D eigenvalue weighted by molar-refractivity contribution is -0.135. The van der Waals surface area contributed by atoms with Crippen molar-refractivity contribution in [3.05, 3.63) is 60.2 Å². The van der Waals surface area contributed by atoms with E-state index in [4.69, 9.17) is 9.47 Å². The number of carbonyl (C=O) groups excluding carboxylic acids is 2. The molecule has 7 nitrogen and oxygen atoms in total. The first-order valence-corrected chi connectivity index (χ1v) is 9.91. The van der Waals surface area contributed by atoms with Crippen LogP contribution in [0.2, 0.25) is 0 Å². The molecule has 152 valence electrons. The highest BCUT2D eigenvalue weighted by atomic mass is 16.6. The van der Waals surface area contributed by atoms with Crippen molar-refractivity contribution in [3.63, 3.8) is 0 Å². The molecule has 2 atom stereocenters. The first-order valence-electron chi connectivity index (χ1n) is 9.91. The minimum absolute atomic E-state index is 0.107. The molecule has 29 heavy (non-hydrogen) atoms. The van der Waals surface area contributed by atoms with Crippen molar-refractivity contribution in [3.8, 4) is 11.5 Å². The standard InChI is InChI=1S/C22H25N3O4/c26-21(12-17-10-11-25(14-17)13-16-6-2-1-3-7-16)23-24-22(27)20-15-28-18-8-4-5-9-19(18)29-20/h1-9,17,20H,10-15H2,(H,23,26)(H,24,27). The second-order valence-electron chi connectivity index (χ2n) is 7.48. The van der Waals surface area contributed by atoms with E-state index in [2.05, 4.69) is 27.9 Å². The fraction of sp³-hybridized carbons (Fsp3) is 0.364. The Balaban J connectivity index is 1.18. The topological polar surface area (TPSA) is 79.9 Å². The van der Waals surface area contributed by atoms with E-state index in [0.717, 1.165) is 26.1 Å². The van der Waals surface area contributed by atoms with Gasteiger partial charge >= 0.3 is 0 Å². The van der Waals surface area contributed by atoms with E-state index in [9.17, 15) is 9.59 Å². The Morgan fingerprint density at radius 1 is 1.00 bits per heavy atom. The molecule has 0 spiro atoms. The van der Waals surface area contributed by atoms with Gasteiger partial charge in [0.15, 0.2) is 11.5 Å². The van der Waals surface area contributed by atoms with Gasteiger partial charge in [0.05, 0.1) is 0 Å². The molecule has 7 heteroatoms. The smallest absolute Gasteiger partial charge is 0.283 e. The van der Waals surface area contributed by atoms with Gasteiger partial charge in [-0.15, -0.1) is 0 Å². The molecule has 2 amide bonds. The van der Waals surface area contributed by atoms with E-state index in [0.29, 0.717) is 17.9 Å². The molecule has 0 radical (unpaired) electrons. The number of rotatable bonds is 5. The number of benzene rings is 2. The Kier molecular flexibility index (Phi) is 5.95. The molecule has 2 aliphatic heterocycles. The number of nitrogens with one attached hydrogen (secondary N) is 2. The van der Waals surface area contributed by atoms with Crippen LogP contribution in [0.25, 0.3) is 0 Å². The molecule has 0 saturated carbocycles. The normalized spacial score (nSPS) is 20.8. The van der Waals surface area contributed by atoms with Crippen LogP contribution < -0.4 is 20.3 Å². The summed E-state index contributed by atoms with van der Waals surface area (Å²) in [7, 11) is 0. The van der Waals surface area contributed by atoms with E-state index in [-0.39, 0.29) is 18.4 Å². The van der Waals surface area contributed by atoms with Crippen LogP contribution in [0, 0.1) is 5.92 Å². The fourth-order valence-corrected chi connectivity index (χ4v) is 3.74. The number of carbonyl (C=O) groups is 2. The average Bonchev–Trinajstić information content (AvgIpc) is 3.19. The second-order valence-corrected chi connectivity index (χ2v) is 7.48. The molecule has 2 aliphatic rings. The van der Waals surface area contributed by atoms with Crippen molar-refractivity contribution < 1.29 is 19.1 Å². The highest BCUT2D eigenvalue weighted by molar-refractivity contribution is 5.85. The highest BCUT2D eigenvalue weighted by Crippen LogP contribution is 2.30. The van der Waals surface area contributed by atoms with Crippen LogP contribution >= 0.6 is 0 Å². The SMILES string of the molecule is O=C(CC1CCN(Cc2ccccc2)C1)NNC(=O)C1COc2ccccc2O1. The minimum Gasteiger partial charge on any atom is -0.485 e. The summed E-state index contributed by atoms with van der Waals surface area (Å²) in [6, 6.07) is 17.5. The molecule has 0 aliphatic carbocycles. The largest absolute Gasteiger partial charge is 0.485 e. The van der Waals surface area contributed by atoms with Crippen molar-refractivity contribution in [1.82, 2.24) is 15.8 Å². The van der Waals surface area contributed by atoms with Gasteiger partial charge in [0.25, 0.3) is 5.91 Å². The number of hydrogen-bond donors (Lipinski definition) is 2. The van der Waals surface area contributed by atoms with Crippen molar-refractivity contribution in [2.75, 3.05) is 19.7 Å². The number of amides is 2. The molecule has 2 N–H and O–H groups in total. The molecule has 4 rings (SSSR count). The van der Waals surface area contributed by atoms with Gasteiger partial charge in [0.2, 0.25) is 12.0 Å². The number of nitrogens with zero attached hydrogens (tertiary/aromatic N) is 1. The monoisotopic (exact) mass is 395 g/mol. The highest BCUT2D eigenvalue weighted by Gasteiger charge is 2.28. The van der Waals surface area contributed by atoms with Crippen LogP contribution in [0.4, 0.5) is 0 Å². The Morgan fingerprint density at radius 3 is 2.59 bits per heavy atom. The third-order valence-corrected chi connectivity index (χ3v) is 5.22. The quantitative estimate of drug-likeness (QED) is 0.756. The number of likely N-dealkylation sites (tertiary alicyclic amines) is 1. The molecule has 2 unspecified atom stereocenters. The number of hydrogen-bond acceptors (Lipinski definition) is 5. The van der Waals surface area contributed by atoms with Crippen molar-refractivity contribution >= 4 is 11.8 Å². The summed E-state index contributed by atoms with van der Waals surface area (Å²) in [5, 5.41) is 0. The third-order valence-electron chi connectivity index (χ3n) is 5.22. The van der Waals surface area contributed by atoms with Crippen LogP contribution in [0.1, 0.15) is 18.4 Å². The summed E-state index contributed by atoms with van der Waals surface area (Å²) in [5.41, 5.74) is 6.23. The summed E-state index contributed by atoms with van der Waals surface area (Å²) >= 11 is 0. The molecule has 2 aromatic rings. The lowest BCUT2D eigenvalue weighted by atomic mass is 10.1. The zero-order valence-electron chi connectivity index (χ0n) is 16.2. The van der Waals surface area contributed by atoms with Gasteiger partial charge in [-0.25, -0.2) is 0 Å². The number of hydrazine groups is 1. The van der Waals surface area contributed by atoms with Gasteiger partial charge in [-0.1, -0.05) is 42.5 Å². The Labute approximate surface area is 170 Å². The van der Waals surface area contributed by atoms with Crippen LogP contribution in [-0.4, -0.2) is 42.5 Å². The molecule has 0 bridgehead atoms. The van der Waals surface area contributed by atoms with E-state index < -0.39 is 12.0 Å².